The Morgan fingerprint density at radius 3 is 1.54 bits per heavy atom. The molecule has 50 heavy (non-hydrogen) atoms. The van der Waals surface area contributed by atoms with Crippen molar-refractivity contribution in [3.8, 4) is 45.6 Å². The first kappa shape index (κ1) is 28.2. The summed E-state index contributed by atoms with van der Waals surface area (Å²) in [7, 11) is 0. The minimum atomic E-state index is 0.514. The number of hydrogen-bond acceptors (Lipinski definition) is 5. The van der Waals surface area contributed by atoms with Gasteiger partial charge in [-0.15, -0.1) is 0 Å². The maximum absolute atomic E-state index is 5.16. The fourth-order valence-corrected chi connectivity index (χ4v) is 7.01. The minimum Gasteiger partial charge on any atom is -0.252 e. The zero-order valence-electron chi connectivity index (χ0n) is 26.8. The Morgan fingerprint density at radius 1 is 0.340 bits per heavy atom. The van der Waals surface area contributed by atoms with Crippen LogP contribution in [0.1, 0.15) is 0 Å². The third-order valence-corrected chi connectivity index (χ3v) is 9.51. The van der Waals surface area contributed by atoms with E-state index in [1.807, 2.05) is 30.5 Å². The Morgan fingerprint density at radius 2 is 0.880 bits per heavy atom. The van der Waals surface area contributed by atoms with Crippen LogP contribution in [0.5, 0.6) is 0 Å². The molecule has 0 saturated heterocycles. The van der Waals surface area contributed by atoms with E-state index in [1.54, 1.807) is 0 Å². The van der Waals surface area contributed by atoms with Gasteiger partial charge in [0.15, 0.2) is 17.5 Å². The molecule has 232 valence electrons. The van der Waals surface area contributed by atoms with Gasteiger partial charge in [0.1, 0.15) is 5.69 Å². The van der Waals surface area contributed by atoms with Crippen molar-refractivity contribution in [3.63, 3.8) is 0 Å². The quantitative estimate of drug-likeness (QED) is 0.180. The number of fused-ring (bicyclic) bond motifs is 7. The molecule has 0 unspecified atom stereocenters. The summed E-state index contributed by atoms with van der Waals surface area (Å²) in [4.78, 5) is 25.1. The highest BCUT2D eigenvalue weighted by Crippen LogP contribution is 2.37. The first-order chi connectivity index (χ1) is 24.7. The number of benzene rings is 7. The van der Waals surface area contributed by atoms with Crippen LogP contribution in [0.3, 0.4) is 0 Å². The molecule has 0 bridgehead atoms. The van der Waals surface area contributed by atoms with Gasteiger partial charge in [-0.3, -0.25) is 4.98 Å². The van der Waals surface area contributed by atoms with Gasteiger partial charge >= 0.3 is 0 Å². The molecule has 10 rings (SSSR count). The van der Waals surface area contributed by atoms with Crippen molar-refractivity contribution in [3.05, 3.63) is 164 Å². The fourth-order valence-electron chi connectivity index (χ4n) is 7.01. The molecule has 0 saturated carbocycles. The summed E-state index contributed by atoms with van der Waals surface area (Å²) in [6, 6.07) is 54.6. The van der Waals surface area contributed by atoms with Gasteiger partial charge < -0.3 is 0 Å². The number of para-hydroxylation sites is 1. The first-order valence-electron chi connectivity index (χ1n) is 16.7. The van der Waals surface area contributed by atoms with Crippen LogP contribution in [0.15, 0.2) is 164 Å². The molecule has 0 amide bonds. The second-order valence-corrected chi connectivity index (χ2v) is 12.5. The van der Waals surface area contributed by atoms with Crippen LogP contribution in [0.4, 0.5) is 0 Å². The van der Waals surface area contributed by atoms with Crippen LogP contribution in [0, 0.1) is 0 Å². The molecule has 0 spiro atoms. The van der Waals surface area contributed by atoms with Gasteiger partial charge in [-0.05, 0) is 62.6 Å². The van der Waals surface area contributed by atoms with E-state index in [0.29, 0.717) is 23.2 Å². The highest BCUT2D eigenvalue weighted by molar-refractivity contribution is 6.22. The van der Waals surface area contributed by atoms with Gasteiger partial charge in [0, 0.05) is 39.0 Å². The average molecular weight is 638 g/mol. The molecule has 10 aromatic rings. The molecule has 0 fully saturated rings. The van der Waals surface area contributed by atoms with E-state index in [-0.39, 0.29) is 0 Å². The molecule has 0 atom stereocenters. The first-order valence-corrected chi connectivity index (χ1v) is 16.7. The highest BCUT2D eigenvalue weighted by Gasteiger charge is 2.17. The Balaban J connectivity index is 1.13. The summed E-state index contributed by atoms with van der Waals surface area (Å²) >= 11 is 0. The predicted octanol–water partition coefficient (Wildman–Crippen LogP) is 11.1. The van der Waals surface area contributed by atoms with E-state index < -0.39 is 0 Å². The third kappa shape index (κ3) is 4.75. The van der Waals surface area contributed by atoms with E-state index >= 15 is 0 Å². The maximum atomic E-state index is 5.16. The van der Waals surface area contributed by atoms with E-state index in [2.05, 4.69) is 133 Å². The van der Waals surface area contributed by atoms with Crippen LogP contribution in [0.25, 0.3) is 99.5 Å². The fraction of sp³-hybridized carbons (Fsp3) is 0. The minimum absolute atomic E-state index is 0.514. The summed E-state index contributed by atoms with van der Waals surface area (Å²) in [6.45, 7) is 0. The lowest BCUT2D eigenvalue weighted by Gasteiger charge is -2.13. The molecule has 5 nitrogen and oxygen atoms in total. The van der Waals surface area contributed by atoms with Crippen molar-refractivity contribution in [2.24, 2.45) is 0 Å². The Bertz CT molecular complexity index is 2820. The normalized spacial score (nSPS) is 11.6. The molecule has 3 aromatic heterocycles. The SMILES string of the molecule is c1ccc2cc(-c3nc(-c4ccc5ccccc5c4)nc(-c4ccc(-c5nc6ccccc6c6c5ccc5ccccc56)cn4)n3)ccc2c1. The van der Waals surface area contributed by atoms with Crippen LogP contribution < -0.4 is 0 Å². The molecule has 7 aromatic carbocycles. The summed E-state index contributed by atoms with van der Waals surface area (Å²) < 4.78 is 0. The van der Waals surface area contributed by atoms with E-state index in [4.69, 9.17) is 24.9 Å². The molecular weight excluding hydrogens is 611 g/mol. The summed E-state index contributed by atoms with van der Waals surface area (Å²) in [5.74, 6) is 1.72. The van der Waals surface area contributed by atoms with Gasteiger partial charge in [-0.1, -0.05) is 127 Å². The van der Waals surface area contributed by atoms with Crippen LogP contribution in [-0.2, 0) is 0 Å². The smallest absolute Gasteiger partial charge is 0.182 e. The Hall–Kier alpha value is -6.85. The standard InChI is InChI=1S/C45H27N5/c1-3-12-31-25-33(19-17-28(31)9-1)43-48-44(34-20-18-29-10-2-4-13-32(29)26-34)50-45(49-43)40-24-22-35(27-46-40)42-38-23-21-30-11-5-6-14-36(30)41(38)37-15-7-8-16-39(37)47-42/h1-27H. The van der Waals surface area contributed by atoms with Crippen molar-refractivity contribution in [2.75, 3.05) is 0 Å². The van der Waals surface area contributed by atoms with E-state index in [1.165, 1.54) is 26.9 Å². The lowest BCUT2D eigenvalue weighted by Crippen LogP contribution is -2.01. The number of hydrogen-bond donors (Lipinski definition) is 0. The zero-order valence-corrected chi connectivity index (χ0v) is 26.8. The number of nitrogens with zero attached hydrogens (tertiary/aromatic N) is 5. The second kappa shape index (κ2) is 11.4. The molecule has 0 aliphatic carbocycles. The molecular formula is C45H27N5. The van der Waals surface area contributed by atoms with Gasteiger partial charge in [-0.2, -0.15) is 0 Å². The Labute approximate surface area is 287 Å². The highest BCUT2D eigenvalue weighted by atomic mass is 15.0. The summed E-state index contributed by atoms with van der Waals surface area (Å²) in [6.07, 6.45) is 1.89. The number of rotatable bonds is 4. The average Bonchev–Trinajstić information content (AvgIpc) is 3.20. The third-order valence-electron chi connectivity index (χ3n) is 9.51. The zero-order chi connectivity index (χ0) is 33.0. The van der Waals surface area contributed by atoms with Gasteiger partial charge in [0.25, 0.3) is 0 Å². The monoisotopic (exact) mass is 637 g/mol. The van der Waals surface area contributed by atoms with Crippen molar-refractivity contribution in [2.45, 2.75) is 0 Å². The lowest BCUT2D eigenvalue weighted by atomic mass is 9.95. The number of aromatic nitrogens is 5. The molecule has 0 aliphatic rings. The van der Waals surface area contributed by atoms with E-state index in [0.717, 1.165) is 49.4 Å². The van der Waals surface area contributed by atoms with Crippen LogP contribution in [-0.4, -0.2) is 24.9 Å². The number of pyridine rings is 2. The lowest BCUT2D eigenvalue weighted by molar-refractivity contribution is 1.06. The van der Waals surface area contributed by atoms with Crippen LogP contribution >= 0.6 is 0 Å². The summed E-state index contributed by atoms with van der Waals surface area (Å²) in [5, 5.41) is 10.4. The molecule has 5 heteroatoms. The maximum Gasteiger partial charge on any atom is 0.182 e. The largest absolute Gasteiger partial charge is 0.252 e. The molecule has 0 aliphatic heterocycles. The predicted molar refractivity (Wildman–Crippen MR) is 205 cm³/mol. The van der Waals surface area contributed by atoms with E-state index in [9.17, 15) is 0 Å². The molecule has 3 heterocycles. The van der Waals surface area contributed by atoms with Gasteiger partial charge in [0.2, 0.25) is 0 Å². The van der Waals surface area contributed by atoms with Crippen molar-refractivity contribution < 1.29 is 0 Å². The topological polar surface area (TPSA) is 64.5 Å². The molecule has 0 N–H and O–H groups in total. The Kier molecular flexibility index (Phi) is 6.42. The molecule has 0 radical (unpaired) electrons. The van der Waals surface area contributed by atoms with Crippen LogP contribution in [0.2, 0.25) is 0 Å². The second-order valence-electron chi connectivity index (χ2n) is 12.5. The van der Waals surface area contributed by atoms with Gasteiger partial charge in [0.05, 0.1) is 11.2 Å². The summed E-state index contributed by atoms with van der Waals surface area (Å²) in [5.41, 5.74) is 5.28. The van der Waals surface area contributed by atoms with Crippen molar-refractivity contribution in [1.82, 2.24) is 24.9 Å². The van der Waals surface area contributed by atoms with Crippen molar-refractivity contribution in [1.29, 1.82) is 0 Å². The van der Waals surface area contributed by atoms with Gasteiger partial charge in [-0.25, -0.2) is 19.9 Å². The van der Waals surface area contributed by atoms with Crippen molar-refractivity contribution >= 4 is 54.0 Å².